The third-order valence-corrected chi connectivity index (χ3v) is 3.95. The molecule has 3 nitrogen and oxygen atoms in total. The molecule has 0 bridgehead atoms. The van der Waals surface area contributed by atoms with Gasteiger partial charge in [-0.25, -0.2) is 4.79 Å². The second kappa shape index (κ2) is 7.46. The quantitative estimate of drug-likeness (QED) is 0.629. The number of nitriles is 1. The molecule has 0 amide bonds. The summed E-state index contributed by atoms with van der Waals surface area (Å²) < 4.78 is 5.09. The van der Waals surface area contributed by atoms with Crippen molar-refractivity contribution in [1.82, 2.24) is 0 Å². The Morgan fingerprint density at radius 3 is 2.28 bits per heavy atom. The van der Waals surface area contributed by atoms with E-state index >= 15 is 0 Å². The molecule has 0 aliphatic rings. The van der Waals surface area contributed by atoms with Crippen molar-refractivity contribution in [2.45, 2.75) is 6.92 Å². The molecule has 0 spiro atoms. The van der Waals surface area contributed by atoms with Crippen molar-refractivity contribution in [2.75, 3.05) is 6.61 Å². The van der Waals surface area contributed by atoms with Crippen LogP contribution in [0.1, 0.15) is 22.8 Å². The van der Waals surface area contributed by atoms with Gasteiger partial charge in [-0.15, -0.1) is 0 Å². The minimum atomic E-state index is -0.384. The molecule has 0 radical (unpaired) electrons. The molecule has 3 heteroatoms. The van der Waals surface area contributed by atoms with Crippen LogP contribution < -0.4 is 0 Å². The summed E-state index contributed by atoms with van der Waals surface area (Å²) in [5.41, 5.74) is 4.68. The molecule has 0 aliphatic carbocycles. The molecule has 0 heterocycles. The molecule has 0 atom stereocenters. The van der Waals surface area contributed by atoms with E-state index in [0.29, 0.717) is 17.7 Å². The van der Waals surface area contributed by atoms with Crippen LogP contribution in [0.4, 0.5) is 0 Å². The zero-order chi connectivity index (χ0) is 17.6. The Labute approximate surface area is 147 Å². The van der Waals surface area contributed by atoms with Gasteiger partial charge in [0.05, 0.1) is 23.8 Å². The lowest BCUT2D eigenvalue weighted by atomic mass is 9.91. The van der Waals surface area contributed by atoms with E-state index in [2.05, 4.69) is 6.07 Å². The van der Waals surface area contributed by atoms with Gasteiger partial charge in [0.2, 0.25) is 0 Å². The molecule has 0 aliphatic heterocycles. The third-order valence-electron chi connectivity index (χ3n) is 3.95. The molecular weight excluding hydrogens is 310 g/mol. The lowest BCUT2D eigenvalue weighted by Crippen LogP contribution is -2.05. The first-order valence-electron chi connectivity index (χ1n) is 8.10. The number of nitrogens with zero attached hydrogens (tertiary/aromatic N) is 1. The predicted molar refractivity (Wildman–Crippen MR) is 98.0 cm³/mol. The number of benzene rings is 3. The van der Waals surface area contributed by atoms with Gasteiger partial charge in [0.15, 0.2) is 0 Å². The van der Waals surface area contributed by atoms with Crippen LogP contribution >= 0.6 is 0 Å². The Hall–Kier alpha value is -3.38. The van der Waals surface area contributed by atoms with Crippen LogP contribution in [0.15, 0.2) is 72.8 Å². The highest BCUT2D eigenvalue weighted by molar-refractivity contribution is 5.94. The highest BCUT2D eigenvalue weighted by Crippen LogP contribution is 2.34. The highest BCUT2D eigenvalue weighted by Gasteiger charge is 2.14. The van der Waals surface area contributed by atoms with Crippen LogP contribution in [0.2, 0.25) is 0 Å². The third kappa shape index (κ3) is 3.44. The lowest BCUT2D eigenvalue weighted by Gasteiger charge is -2.13. The van der Waals surface area contributed by atoms with Gasteiger partial charge < -0.3 is 4.74 Å². The molecule has 3 aromatic carbocycles. The average molecular weight is 327 g/mol. The predicted octanol–water partition coefficient (Wildman–Crippen LogP) is 5.07. The Morgan fingerprint density at radius 1 is 0.920 bits per heavy atom. The van der Waals surface area contributed by atoms with Gasteiger partial charge in [0.1, 0.15) is 0 Å². The topological polar surface area (TPSA) is 50.1 Å². The number of hydrogen-bond donors (Lipinski definition) is 0. The fourth-order valence-electron chi connectivity index (χ4n) is 2.79. The smallest absolute Gasteiger partial charge is 0.338 e. The maximum atomic E-state index is 12.1. The summed E-state index contributed by atoms with van der Waals surface area (Å²) in [5.74, 6) is -0.384. The van der Waals surface area contributed by atoms with Crippen molar-refractivity contribution in [3.63, 3.8) is 0 Å². The van der Waals surface area contributed by atoms with E-state index in [4.69, 9.17) is 4.74 Å². The normalized spacial score (nSPS) is 10.1. The summed E-state index contributed by atoms with van der Waals surface area (Å²) in [5, 5.41) is 9.51. The standard InChI is InChI=1S/C22H17NO2/c1-2-25-22(24)17-12-13-18(15-23)21(14-17)20-11-7-6-10-19(20)16-8-4-3-5-9-16/h3-14H,2H2,1H3. The zero-order valence-electron chi connectivity index (χ0n) is 13.9. The summed E-state index contributed by atoms with van der Waals surface area (Å²) in [6.07, 6.45) is 0. The lowest BCUT2D eigenvalue weighted by molar-refractivity contribution is 0.0526. The molecule has 0 fully saturated rings. The first-order chi connectivity index (χ1) is 12.2. The van der Waals surface area contributed by atoms with Gasteiger partial charge in [0, 0.05) is 5.56 Å². The maximum absolute atomic E-state index is 12.1. The molecule has 0 unspecified atom stereocenters. The fraction of sp³-hybridized carbons (Fsp3) is 0.0909. The first-order valence-corrected chi connectivity index (χ1v) is 8.10. The van der Waals surface area contributed by atoms with Crippen molar-refractivity contribution in [1.29, 1.82) is 5.26 Å². The number of ether oxygens (including phenoxy) is 1. The number of hydrogen-bond acceptors (Lipinski definition) is 3. The van der Waals surface area contributed by atoms with Gasteiger partial charge in [-0.2, -0.15) is 5.26 Å². The second-order valence-electron chi connectivity index (χ2n) is 5.50. The summed E-state index contributed by atoms with van der Waals surface area (Å²) >= 11 is 0. The van der Waals surface area contributed by atoms with Gasteiger partial charge in [-0.3, -0.25) is 0 Å². The summed E-state index contributed by atoms with van der Waals surface area (Å²) in [7, 11) is 0. The molecule has 25 heavy (non-hydrogen) atoms. The van der Waals surface area contributed by atoms with Gasteiger partial charge >= 0.3 is 5.97 Å². The molecule has 122 valence electrons. The van der Waals surface area contributed by atoms with Crippen molar-refractivity contribution >= 4 is 5.97 Å². The number of carbonyl (C=O) groups is 1. The minimum Gasteiger partial charge on any atom is -0.462 e. The second-order valence-corrected chi connectivity index (χ2v) is 5.50. The van der Waals surface area contributed by atoms with Crippen LogP contribution in [0.5, 0.6) is 0 Å². The molecule has 0 saturated carbocycles. The fourth-order valence-corrected chi connectivity index (χ4v) is 2.79. The van der Waals surface area contributed by atoms with E-state index in [1.165, 1.54) is 0 Å². The Morgan fingerprint density at radius 2 is 1.60 bits per heavy atom. The van der Waals surface area contributed by atoms with Crippen molar-refractivity contribution in [3.05, 3.63) is 83.9 Å². The van der Waals surface area contributed by atoms with Crippen LogP contribution in [0.3, 0.4) is 0 Å². The Bertz CT molecular complexity index is 940. The Balaban J connectivity index is 2.18. The monoisotopic (exact) mass is 327 g/mol. The van der Waals surface area contributed by atoms with Crippen molar-refractivity contribution < 1.29 is 9.53 Å². The van der Waals surface area contributed by atoms with Crippen LogP contribution in [-0.2, 0) is 4.74 Å². The van der Waals surface area contributed by atoms with E-state index in [1.807, 2.05) is 54.6 Å². The van der Waals surface area contributed by atoms with Gasteiger partial charge in [0.25, 0.3) is 0 Å². The van der Waals surface area contributed by atoms with E-state index < -0.39 is 0 Å². The highest BCUT2D eigenvalue weighted by atomic mass is 16.5. The van der Waals surface area contributed by atoms with E-state index in [-0.39, 0.29) is 5.97 Å². The molecule has 0 aromatic heterocycles. The SMILES string of the molecule is CCOC(=O)c1ccc(C#N)c(-c2ccccc2-c2ccccc2)c1. The number of esters is 1. The van der Waals surface area contributed by atoms with E-state index in [9.17, 15) is 10.1 Å². The Kier molecular flexibility index (Phi) is 4.92. The largest absolute Gasteiger partial charge is 0.462 e. The minimum absolute atomic E-state index is 0.314. The maximum Gasteiger partial charge on any atom is 0.338 e. The number of rotatable bonds is 4. The molecule has 3 aromatic rings. The summed E-state index contributed by atoms with van der Waals surface area (Å²) in [6, 6.07) is 25.1. The first kappa shape index (κ1) is 16.5. The van der Waals surface area contributed by atoms with Crippen LogP contribution in [0.25, 0.3) is 22.3 Å². The van der Waals surface area contributed by atoms with Crippen molar-refractivity contribution in [3.8, 4) is 28.3 Å². The zero-order valence-corrected chi connectivity index (χ0v) is 13.9. The molecule has 0 N–H and O–H groups in total. The molecule has 0 saturated heterocycles. The van der Waals surface area contributed by atoms with E-state index in [0.717, 1.165) is 22.3 Å². The van der Waals surface area contributed by atoms with Crippen LogP contribution in [-0.4, -0.2) is 12.6 Å². The number of carbonyl (C=O) groups excluding carboxylic acids is 1. The summed E-state index contributed by atoms with van der Waals surface area (Å²) in [4.78, 5) is 12.1. The van der Waals surface area contributed by atoms with Crippen LogP contribution in [0, 0.1) is 11.3 Å². The molecule has 3 rings (SSSR count). The summed E-state index contributed by atoms with van der Waals surface area (Å²) in [6.45, 7) is 2.09. The van der Waals surface area contributed by atoms with E-state index in [1.54, 1.807) is 25.1 Å². The average Bonchev–Trinajstić information content (AvgIpc) is 2.68. The van der Waals surface area contributed by atoms with Gasteiger partial charge in [-0.05, 0) is 41.8 Å². The molecular formula is C22H17NO2. The van der Waals surface area contributed by atoms with Crippen molar-refractivity contribution in [2.24, 2.45) is 0 Å². The van der Waals surface area contributed by atoms with Gasteiger partial charge in [-0.1, -0.05) is 54.6 Å².